The second-order valence-electron chi connectivity index (χ2n) is 6.78. The topological polar surface area (TPSA) is 40.5 Å². The number of nitrogens with zero attached hydrogens (tertiary/aromatic N) is 1. The fourth-order valence-electron chi connectivity index (χ4n) is 3.41. The van der Waals surface area contributed by atoms with Gasteiger partial charge in [0, 0.05) is 18.7 Å². The Kier molecular flexibility index (Phi) is 5.31. The van der Waals surface area contributed by atoms with Gasteiger partial charge in [-0.2, -0.15) is 0 Å². The Labute approximate surface area is 143 Å². The van der Waals surface area contributed by atoms with Crippen LogP contribution in [0.3, 0.4) is 0 Å². The third-order valence-electron chi connectivity index (χ3n) is 4.90. The first kappa shape index (κ1) is 16.7. The summed E-state index contributed by atoms with van der Waals surface area (Å²) in [5.41, 5.74) is 4.20. The van der Waals surface area contributed by atoms with E-state index in [0.29, 0.717) is 5.92 Å². The number of benzene rings is 2. The minimum absolute atomic E-state index is 0.0970. The molecule has 3 nitrogen and oxygen atoms in total. The molecule has 0 unspecified atom stereocenters. The van der Waals surface area contributed by atoms with E-state index in [4.69, 9.17) is 5.11 Å². The smallest absolute Gasteiger partial charge is 0.253 e. The van der Waals surface area contributed by atoms with Crippen molar-refractivity contribution in [2.75, 3.05) is 13.1 Å². The van der Waals surface area contributed by atoms with E-state index < -0.39 is 0 Å². The van der Waals surface area contributed by atoms with Gasteiger partial charge in [0.05, 0.1) is 6.61 Å². The fourth-order valence-corrected chi connectivity index (χ4v) is 3.41. The summed E-state index contributed by atoms with van der Waals surface area (Å²) in [5.74, 6) is 0.788. The summed E-state index contributed by atoms with van der Waals surface area (Å²) in [6, 6.07) is 16.0. The van der Waals surface area contributed by atoms with Crippen LogP contribution in [-0.2, 0) is 13.0 Å². The van der Waals surface area contributed by atoms with Gasteiger partial charge in [-0.25, -0.2) is 0 Å². The van der Waals surface area contributed by atoms with Gasteiger partial charge in [-0.1, -0.05) is 42.0 Å². The lowest BCUT2D eigenvalue weighted by Crippen LogP contribution is -2.38. The first-order valence-corrected chi connectivity index (χ1v) is 8.70. The van der Waals surface area contributed by atoms with Gasteiger partial charge in [0.25, 0.3) is 5.91 Å². The molecule has 1 heterocycles. The molecule has 0 saturated carbocycles. The number of carbonyl (C=O) groups excluding carboxylic acids is 1. The lowest BCUT2D eigenvalue weighted by molar-refractivity contribution is 0.0690. The Balaban J connectivity index is 1.54. The van der Waals surface area contributed by atoms with Crippen LogP contribution in [0.2, 0.25) is 0 Å². The van der Waals surface area contributed by atoms with E-state index >= 15 is 0 Å². The lowest BCUT2D eigenvalue weighted by atomic mass is 9.89. The van der Waals surface area contributed by atoms with Crippen LogP contribution in [0, 0.1) is 12.8 Å². The predicted octanol–water partition coefficient (Wildman–Crippen LogP) is 3.58. The van der Waals surface area contributed by atoms with Gasteiger partial charge in [-0.05, 0) is 55.4 Å². The van der Waals surface area contributed by atoms with Crippen LogP contribution in [0.1, 0.15) is 39.9 Å². The van der Waals surface area contributed by atoms with Crippen LogP contribution < -0.4 is 0 Å². The van der Waals surface area contributed by atoms with Crippen LogP contribution in [0.25, 0.3) is 0 Å². The van der Waals surface area contributed by atoms with Crippen molar-refractivity contribution >= 4 is 5.91 Å². The molecule has 0 radical (unpaired) electrons. The molecule has 0 spiro atoms. The Hall–Kier alpha value is -2.13. The maximum atomic E-state index is 12.6. The molecule has 2 aromatic rings. The number of hydrogen-bond donors (Lipinski definition) is 1. The minimum atomic E-state index is 0.0970. The Morgan fingerprint density at radius 2 is 1.75 bits per heavy atom. The maximum Gasteiger partial charge on any atom is 0.253 e. The zero-order valence-corrected chi connectivity index (χ0v) is 14.2. The number of aliphatic hydroxyl groups is 1. The molecule has 24 heavy (non-hydrogen) atoms. The normalized spacial score (nSPS) is 15.5. The van der Waals surface area contributed by atoms with E-state index in [0.717, 1.165) is 49.0 Å². The van der Waals surface area contributed by atoms with Crippen molar-refractivity contribution in [2.24, 2.45) is 5.92 Å². The highest BCUT2D eigenvalue weighted by molar-refractivity contribution is 5.94. The largest absolute Gasteiger partial charge is 0.392 e. The van der Waals surface area contributed by atoms with E-state index in [1.807, 2.05) is 48.2 Å². The van der Waals surface area contributed by atoms with Gasteiger partial charge < -0.3 is 10.0 Å². The minimum Gasteiger partial charge on any atom is -0.392 e. The van der Waals surface area contributed by atoms with E-state index in [-0.39, 0.29) is 12.5 Å². The van der Waals surface area contributed by atoms with Crippen molar-refractivity contribution in [1.82, 2.24) is 4.90 Å². The number of aliphatic hydroxyl groups excluding tert-OH is 1. The highest BCUT2D eigenvalue weighted by atomic mass is 16.3. The number of hydrogen-bond acceptors (Lipinski definition) is 2. The van der Waals surface area contributed by atoms with Crippen molar-refractivity contribution in [3.8, 4) is 0 Å². The molecule has 1 amide bonds. The fraction of sp³-hybridized carbons (Fsp3) is 0.381. The summed E-state index contributed by atoms with van der Waals surface area (Å²) in [6.45, 7) is 3.79. The SMILES string of the molecule is Cc1cccc(C(=O)N2CCC(Cc3ccc(CO)cc3)CC2)c1. The van der Waals surface area contributed by atoms with E-state index in [9.17, 15) is 4.79 Å². The van der Waals surface area contributed by atoms with Gasteiger partial charge in [-0.3, -0.25) is 4.79 Å². The van der Waals surface area contributed by atoms with E-state index in [1.54, 1.807) is 0 Å². The summed E-state index contributed by atoms with van der Waals surface area (Å²) in [4.78, 5) is 14.6. The highest BCUT2D eigenvalue weighted by Crippen LogP contribution is 2.23. The Bertz CT molecular complexity index is 685. The van der Waals surface area contributed by atoms with Gasteiger partial charge in [-0.15, -0.1) is 0 Å². The molecular formula is C21H25NO2. The Morgan fingerprint density at radius 3 is 2.38 bits per heavy atom. The number of amides is 1. The van der Waals surface area contributed by atoms with Gasteiger partial charge in [0.1, 0.15) is 0 Å². The molecule has 1 N–H and O–H groups in total. The molecule has 1 aliphatic heterocycles. The summed E-state index contributed by atoms with van der Waals surface area (Å²) >= 11 is 0. The maximum absolute atomic E-state index is 12.6. The number of rotatable bonds is 4. The highest BCUT2D eigenvalue weighted by Gasteiger charge is 2.23. The molecule has 3 rings (SSSR count). The third-order valence-corrected chi connectivity index (χ3v) is 4.90. The summed E-state index contributed by atoms with van der Waals surface area (Å²) in [7, 11) is 0. The predicted molar refractivity (Wildman–Crippen MR) is 95.9 cm³/mol. The lowest BCUT2D eigenvalue weighted by Gasteiger charge is -2.32. The monoisotopic (exact) mass is 323 g/mol. The van der Waals surface area contributed by atoms with Crippen LogP contribution in [0.15, 0.2) is 48.5 Å². The molecule has 3 heteroatoms. The van der Waals surface area contributed by atoms with Gasteiger partial charge in [0.15, 0.2) is 0 Å². The van der Waals surface area contributed by atoms with Crippen molar-refractivity contribution in [3.05, 3.63) is 70.8 Å². The first-order chi connectivity index (χ1) is 11.7. The molecule has 0 atom stereocenters. The number of aryl methyl sites for hydroxylation is 1. The van der Waals surface area contributed by atoms with Gasteiger partial charge >= 0.3 is 0 Å². The van der Waals surface area contributed by atoms with Crippen molar-refractivity contribution < 1.29 is 9.90 Å². The average molecular weight is 323 g/mol. The van der Waals surface area contributed by atoms with Crippen molar-refractivity contribution in [2.45, 2.75) is 32.8 Å². The summed E-state index contributed by atoms with van der Waals surface area (Å²) in [6.07, 6.45) is 3.16. The molecule has 2 aromatic carbocycles. The average Bonchev–Trinajstić information content (AvgIpc) is 2.62. The molecule has 0 aliphatic carbocycles. The second kappa shape index (κ2) is 7.63. The molecular weight excluding hydrogens is 298 g/mol. The van der Waals surface area contributed by atoms with E-state index in [2.05, 4.69) is 12.1 Å². The first-order valence-electron chi connectivity index (χ1n) is 8.70. The van der Waals surface area contributed by atoms with Crippen LogP contribution in [0.5, 0.6) is 0 Å². The quantitative estimate of drug-likeness (QED) is 0.934. The van der Waals surface area contributed by atoms with Crippen LogP contribution >= 0.6 is 0 Å². The van der Waals surface area contributed by atoms with Crippen molar-refractivity contribution in [1.29, 1.82) is 0 Å². The molecule has 1 saturated heterocycles. The van der Waals surface area contributed by atoms with Gasteiger partial charge in [0.2, 0.25) is 0 Å². The standard InChI is InChI=1S/C21H25NO2/c1-16-3-2-4-20(13-16)21(24)22-11-9-18(10-12-22)14-17-5-7-19(15-23)8-6-17/h2-8,13,18,23H,9-12,14-15H2,1H3. The molecule has 0 bridgehead atoms. The number of likely N-dealkylation sites (tertiary alicyclic amines) is 1. The van der Waals surface area contributed by atoms with E-state index in [1.165, 1.54) is 5.56 Å². The molecule has 1 fully saturated rings. The van der Waals surface area contributed by atoms with Crippen molar-refractivity contribution in [3.63, 3.8) is 0 Å². The zero-order valence-electron chi connectivity index (χ0n) is 14.2. The summed E-state index contributed by atoms with van der Waals surface area (Å²) in [5, 5.41) is 9.10. The third kappa shape index (κ3) is 4.04. The van der Waals surface area contributed by atoms with Crippen LogP contribution in [0.4, 0.5) is 0 Å². The number of piperidine rings is 1. The zero-order chi connectivity index (χ0) is 16.9. The summed E-state index contributed by atoms with van der Waals surface area (Å²) < 4.78 is 0. The van der Waals surface area contributed by atoms with Crippen LogP contribution in [-0.4, -0.2) is 29.0 Å². The number of carbonyl (C=O) groups is 1. The Morgan fingerprint density at radius 1 is 1.08 bits per heavy atom. The second-order valence-corrected chi connectivity index (χ2v) is 6.78. The molecule has 126 valence electrons. The molecule has 1 aliphatic rings. The molecule has 0 aromatic heterocycles.